The number of nitrogens with two attached hydrogens (primary N) is 1. The van der Waals surface area contributed by atoms with Gasteiger partial charge in [-0.05, 0) is 30.5 Å². The van der Waals surface area contributed by atoms with E-state index in [2.05, 4.69) is 42.9 Å². The zero-order valence-corrected chi connectivity index (χ0v) is 11.9. The van der Waals surface area contributed by atoms with E-state index in [4.69, 9.17) is 5.73 Å². The lowest BCUT2D eigenvalue weighted by atomic mass is 9.89. The molecule has 3 heteroatoms. The minimum Gasteiger partial charge on any atom is -0.330 e. The molecule has 3 nitrogen and oxygen atoms in total. The van der Waals surface area contributed by atoms with E-state index in [0.29, 0.717) is 6.54 Å². The van der Waals surface area contributed by atoms with Gasteiger partial charge in [0.15, 0.2) is 0 Å². The molecular formula is C16H21N3. The van der Waals surface area contributed by atoms with E-state index in [1.165, 1.54) is 5.56 Å². The lowest BCUT2D eigenvalue weighted by Gasteiger charge is -2.21. The molecule has 0 aliphatic heterocycles. The fraction of sp³-hybridized carbons (Fsp3) is 0.375. The SMILES string of the molecule is Cc1ccccc1-c1ccnc(CC(C)(C)CN)n1. The van der Waals surface area contributed by atoms with Gasteiger partial charge in [0.25, 0.3) is 0 Å². The molecule has 19 heavy (non-hydrogen) atoms. The van der Waals surface area contributed by atoms with E-state index < -0.39 is 0 Å². The number of aryl methyl sites for hydroxylation is 1. The average molecular weight is 255 g/mol. The Morgan fingerprint density at radius 2 is 1.89 bits per heavy atom. The van der Waals surface area contributed by atoms with Crippen molar-refractivity contribution in [3.05, 3.63) is 47.9 Å². The molecule has 0 spiro atoms. The van der Waals surface area contributed by atoms with Crippen LogP contribution in [0, 0.1) is 12.3 Å². The Balaban J connectivity index is 2.33. The first kappa shape index (κ1) is 13.7. The Kier molecular flexibility index (Phi) is 3.96. The predicted octanol–water partition coefficient (Wildman–Crippen LogP) is 2.98. The van der Waals surface area contributed by atoms with Crippen LogP contribution in [0.15, 0.2) is 36.5 Å². The van der Waals surface area contributed by atoms with Gasteiger partial charge in [0, 0.05) is 18.2 Å². The van der Waals surface area contributed by atoms with Crippen LogP contribution in [0.5, 0.6) is 0 Å². The summed E-state index contributed by atoms with van der Waals surface area (Å²) >= 11 is 0. The maximum atomic E-state index is 5.77. The molecule has 0 amide bonds. The molecule has 1 heterocycles. The topological polar surface area (TPSA) is 51.8 Å². The summed E-state index contributed by atoms with van der Waals surface area (Å²) in [6.45, 7) is 7.00. The Labute approximate surface area is 114 Å². The van der Waals surface area contributed by atoms with E-state index in [-0.39, 0.29) is 5.41 Å². The Bertz CT molecular complexity index is 561. The summed E-state index contributed by atoms with van der Waals surface area (Å²) in [5.74, 6) is 0.858. The number of rotatable bonds is 4. The van der Waals surface area contributed by atoms with Crippen LogP contribution in [0.1, 0.15) is 25.2 Å². The predicted molar refractivity (Wildman–Crippen MR) is 78.7 cm³/mol. The molecule has 0 aliphatic carbocycles. The van der Waals surface area contributed by atoms with Crippen LogP contribution in [0.2, 0.25) is 0 Å². The van der Waals surface area contributed by atoms with E-state index in [1.807, 2.05) is 24.4 Å². The number of aromatic nitrogens is 2. The first-order chi connectivity index (χ1) is 9.02. The highest BCUT2D eigenvalue weighted by Gasteiger charge is 2.18. The Hall–Kier alpha value is -1.74. The molecule has 1 aromatic heterocycles. The fourth-order valence-corrected chi connectivity index (χ4v) is 1.99. The zero-order chi connectivity index (χ0) is 13.9. The molecule has 1 aromatic carbocycles. The average Bonchev–Trinajstić information content (AvgIpc) is 2.39. The standard InChI is InChI=1S/C16H21N3/c1-12-6-4-5-7-13(12)14-8-9-18-15(19-14)10-16(2,3)11-17/h4-9H,10-11,17H2,1-3H3. The van der Waals surface area contributed by atoms with Crippen LogP contribution in [-0.2, 0) is 6.42 Å². The minimum atomic E-state index is 0.0321. The van der Waals surface area contributed by atoms with Crippen LogP contribution in [-0.4, -0.2) is 16.5 Å². The van der Waals surface area contributed by atoms with Gasteiger partial charge in [-0.15, -0.1) is 0 Å². The van der Waals surface area contributed by atoms with Crippen molar-refractivity contribution in [2.75, 3.05) is 6.54 Å². The number of hydrogen-bond donors (Lipinski definition) is 1. The summed E-state index contributed by atoms with van der Waals surface area (Å²) < 4.78 is 0. The van der Waals surface area contributed by atoms with Gasteiger partial charge in [0.05, 0.1) is 5.69 Å². The lowest BCUT2D eigenvalue weighted by molar-refractivity contribution is 0.368. The highest BCUT2D eigenvalue weighted by atomic mass is 14.9. The second-order valence-corrected chi connectivity index (χ2v) is 5.72. The van der Waals surface area contributed by atoms with Crippen molar-refractivity contribution < 1.29 is 0 Å². The highest BCUT2D eigenvalue weighted by molar-refractivity contribution is 5.62. The number of hydrogen-bond acceptors (Lipinski definition) is 3. The van der Waals surface area contributed by atoms with Gasteiger partial charge in [0.1, 0.15) is 5.82 Å². The van der Waals surface area contributed by atoms with E-state index in [9.17, 15) is 0 Å². The molecule has 2 aromatic rings. The van der Waals surface area contributed by atoms with Crippen molar-refractivity contribution in [3.8, 4) is 11.3 Å². The van der Waals surface area contributed by atoms with Crippen LogP contribution in [0.25, 0.3) is 11.3 Å². The second kappa shape index (κ2) is 5.49. The maximum Gasteiger partial charge on any atom is 0.129 e. The molecular weight excluding hydrogens is 234 g/mol. The first-order valence-corrected chi connectivity index (χ1v) is 6.60. The molecule has 0 atom stereocenters. The molecule has 0 unspecified atom stereocenters. The fourth-order valence-electron chi connectivity index (χ4n) is 1.99. The van der Waals surface area contributed by atoms with Gasteiger partial charge in [-0.2, -0.15) is 0 Å². The van der Waals surface area contributed by atoms with Crippen LogP contribution in [0.4, 0.5) is 0 Å². The lowest BCUT2D eigenvalue weighted by Crippen LogP contribution is -2.26. The molecule has 0 bridgehead atoms. The summed E-state index contributed by atoms with van der Waals surface area (Å²) in [6.07, 6.45) is 2.62. The molecule has 0 radical (unpaired) electrons. The third-order valence-corrected chi connectivity index (χ3v) is 3.32. The maximum absolute atomic E-state index is 5.77. The summed E-state index contributed by atoms with van der Waals surface area (Å²) in [5.41, 5.74) is 9.18. The van der Waals surface area contributed by atoms with Gasteiger partial charge < -0.3 is 5.73 Å². The molecule has 2 N–H and O–H groups in total. The molecule has 0 saturated heterocycles. The minimum absolute atomic E-state index is 0.0321. The smallest absolute Gasteiger partial charge is 0.129 e. The van der Waals surface area contributed by atoms with Gasteiger partial charge in [-0.25, -0.2) is 9.97 Å². The van der Waals surface area contributed by atoms with Gasteiger partial charge in [-0.1, -0.05) is 38.1 Å². The van der Waals surface area contributed by atoms with Crippen molar-refractivity contribution in [2.24, 2.45) is 11.1 Å². The third kappa shape index (κ3) is 3.38. The molecule has 2 rings (SSSR count). The van der Waals surface area contributed by atoms with Crippen molar-refractivity contribution in [3.63, 3.8) is 0 Å². The van der Waals surface area contributed by atoms with Gasteiger partial charge in [-0.3, -0.25) is 0 Å². The van der Waals surface area contributed by atoms with Gasteiger partial charge in [0.2, 0.25) is 0 Å². The molecule has 100 valence electrons. The van der Waals surface area contributed by atoms with Crippen LogP contribution >= 0.6 is 0 Å². The highest BCUT2D eigenvalue weighted by Crippen LogP contribution is 2.23. The summed E-state index contributed by atoms with van der Waals surface area (Å²) in [6, 6.07) is 10.2. The number of benzene rings is 1. The Morgan fingerprint density at radius 1 is 1.16 bits per heavy atom. The van der Waals surface area contributed by atoms with Gasteiger partial charge >= 0.3 is 0 Å². The van der Waals surface area contributed by atoms with Crippen molar-refractivity contribution in [1.82, 2.24) is 9.97 Å². The summed E-state index contributed by atoms with van der Waals surface area (Å²) in [4.78, 5) is 9.03. The third-order valence-electron chi connectivity index (χ3n) is 3.32. The largest absolute Gasteiger partial charge is 0.330 e. The van der Waals surface area contributed by atoms with Crippen LogP contribution in [0.3, 0.4) is 0 Å². The van der Waals surface area contributed by atoms with E-state index >= 15 is 0 Å². The van der Waals surface area contributed by atoms with Crippen molar-refractivity contribution in [2.45, 2.75) is 27.2 Å². The van der Waals surface area contributed by atoms with Crippen molar-refractivity contribution >= 4 is 0 Å². The van der Waals surface area contributed by atoms with E-state index in [0.717, 1.165) is 23.5 Å². The van der Waals surface area contributed by atoms with Crippen LogP contribution < -0.4 is 5.73 Å². The zero-order valence-electron chi connectivity index (χ0n) is 11.9. The summed E-state index contributed by atoms with van der Waals surface area (Å²) in [5, 5.41) is 0. The Morgan fingerprint density at radius 3 is 2.58 bits per heavy atom. The number of nitrogens with zero attached hydrogens (tertiary/aromatic N) is 2. The monoisotopic (exact) mass is 255 g/mol. The summed E-state index contributed by atoms with van der Waals surface area (Å²) in [7, 11) is 0. The molecule has 0 saturated carbocycles. The van der Waals surface area contributed by atoms with E-state index in [1.54, 1.807) is 0 Å². The van der Waals surface area contributed by atoms with Crippen molar-refractivity contribution in [1.29, 1.82) is 0 Å². The molecule has 0 fully saturated rings. The molecule has 0 aliphatic rings. The second-order valence-electron chi connectivity index (χ2n) is 5.72. The quantitative estimate of drug-likeness (QED) is 0.913. The first-order valence-electron chi connectivity index (χ1n) is 6.60. The normalized spacial score (nSPS) is 11.6.